The van der Waals surface area contributed by atoms with E-state index < -0.39 is 20.0 Å². The van der Waals surface area contributed by atoms with Crippen molar-refractivity contribution in [1.29, 1.82) is 0 Å². The van der Waals surface area contributed by atoms with Gasteiger partial charge in [-0.1, -0.05) is 30.3 Å². The van der Waals surface area contributed by atoms with Crippen molar-refractivity contribution in [2.24, 2.45) is 0 Å². The molecule has 0 saturated carbocycles. The highest BCUT2D eigenvalue weighted by molar-refractivity contribution is 7.92. The average Bonchev–Trinajstić information content (AvgIpc) is 3.14. The second kappa shape index (κ2) is 8.39. The Morgan fingerprint density at radius 1 is 0.963 bits per heavy atom. The molecular formula is C18H22N2O5S2. The Labute approximate surface area is 159 Å². The molecule has 9 heteroatoms. The van der Waals surface area contributed by atoms with Gasteiger partial charge in [-0.25, -0.2) is 21.6 Å². The van der Waals surface area contributed by atoms with Crippen molar-refractivity contribution < 1.29 is 21.6 Å². The van der Waals surface area contributed by atoms with Crippen molar-refractivity contribution in [1.82, 2.24) is 4.72 Å². The van der Waals surface area contributed by atoms with Gasteiger partial charge in [-0.05, 0) is 42.7 Å². The molecule has 0 bridgehead atoms. The van der Waals surface area contributed by atoms with E-state index in [0.29, 0.717) is 17.9 Å². The third kappa shape index (κ3) is 5.77. The summed E-state index contributed by atoms with van der Waals surface area (Å²) in [4.78, 5) is 0.0755. The summed E-state index contributed by atoms with van der Waals surface area (Å²) in [5, 5.41) is 0. The van der Waals surface area contributed by atoms with E-state index in [2.05, 4.69) is 9.44 Å². The maximum absolute atomic E-state index is 12.3. The summed E-state index contributed by atoms with van der Waals surface area (Å²) in [6.07, 6.45) is 1.68. The van der Waals surface area contributed by atoms with Gasteiger partial charge in [-0.15, -0.1) is 0 Å². The van der Waals surface area contributed by atoms with Crippen molar-refractivity contribution in [3.05, 3.63) is 60.2 Å². The van der Waals surface area contributed by atoms with E-state index in [1.807, 2.05) is 6.07 Å². The highest BCUT2D eigenvalue weighted by Crippen LogP contribution is 2.17. The third-order valence-electron chi connectivity index (χ3n) is 4.16. The summed E-state index contributed by atoms with van der Waals surface area (Å²) in [5.74, 6) is -0.156. The molecule has 2 N–H and O–H groups in total. The minimum atomic E-state index is -3.66. The molecule has 2 aromatic rings. The van der Waals surface area contributed by atoms with Crippen LogP contribution in [0.3, 0.4) is 0 Å². The highest BCUT2D eigenvalue weighted by atomic mass is 32.2. The molecule has 0 unspecified atom stereocenters. The number of benzene rings is 2. The maximum Gasteiger partial charge on any atom is 0.240 e. The summed E-state index contributed by atoms with van der Waals surface area (Å²) in [6.45, 7) is 0.887. The number of nitrogens with one attached hydrogen (secondary N) is 2. The third-order valence-corrected chi connectivity index (χ3v) is 6.86. The summed E-state index contributed by atoms with van der Waals surface area (Å²) in [7, 11) is -7.25. The molecular weight excluding hydrogens is 388 g/mol. The van der Waals surface area contributed by atoms with E-state index in [-0.39, 0.29) is 23.3 Å². The highest BCUT2D eigenvalue weighted by Gasteiger charge is 2.20. The van der Waals surface area contributed by atoms with Crippen molar-refractivity contribution in [2.45, 2.75) is 29.6 Å². The average molecular weight is 411 g/mol. The molecule has 2 aromatic carbocycles. The van der Waals surface area contributed by atoms with Gasteiger partial charge in [-0.3, -0.25) is 4.72 Å². The van der Waals surface area contributed by atoms with Crippen LogP contribution in [0.4, 0.5) is 5.69 Å². The zero-order valence-electron chi connectivity index (χ0n) is 14.7. The van der Waals surface area contributed by atoms with Gasteiger partial charge in [0.05, 0.1) is 16.8 Å². The Hall–Kier alpha value is -1.94. The zero-order valence-corrected chi connectivity index (χ0v) is 16.3. The standard InChI is InChI=1S/C18H22N2O5S2/c21-26(22,14-15-5-2-1-3-6-15)20-16-8-10-18(11-9-16)27(23,24)19-13-17-7-4-12-25-17/h1-3,5-6,8-11,17,19-20H,4,7,12-14H2/t17-/m0/s1. The Bertz CT molecular complexity index is 953. The molecule has 1 saturated heterocycles. The first-order valence-electron chi connectivity index (χ1n) is 8.60. The van der Waals surface area contributed by atoms with Crippen LogP contribution in [0.15, 0.2) is 59.5 Å². The van der Waals surface area contributed by atoms with Crippen LogP contribution in [-0.2, 0) is 30.5 Å². The summed E-state index contributed by atoms with van der Waals surface area (Å²) in [6, 6.07) is 14.4. The smallest absolute Gasteiger partial charge is 0.240 e. The molecule has 1 aliphatic heterocycles. The largest absolute Gasteiger partial charge is 0.377 e. The van der Waals surface area contributed by atoms with Crippen LogP contribution in [0, 0.1) is 0 Å². The molecule has 27 heavy (non-hydrogen) atoms. The molecule has 1 aliphatic rings. The lowest BCUT2D eigenvalue weighted by Crippen LogP contribution is -2.31. The molecule has 0 aliphatic carbocycles. The number of rotatable bonds is 8. The summed E-state index contributed by atoms with van der Waals surface area (Å²) in [5.41, 5.74) is 0.978. The Morgan fingerprint density at radius 2 is 1.67 bits per heavy atom. The number of hydrogen-bond acceptors (Lipinski definition) is 5. The van der Waals surface area contributed by atoms with E-state index >= 15 is 0 Å². The van der Waals surface area contributed by atoms with E-state index in [0.717, 1.165) is 12.8 Å². The second-order valence-electron chi connectivity index (χ2n) is 6.36. The van der Waals surface area contributed by atoms with Gasteiger partial charge in [0.15, 0.2) is 0 Å². The van der Waals surface area contributed by atoms with Crippen LogP contribution >= 0.6 is 0 Å². The topological polar surface area (TPSA) is 102 Å². The maximum atomic E-state index is 12.3. The molecule has 1 heterocycles. The number of hydrogen-bond donors (Lipinski definition) is 2. The van der Waals surface area contributed by atoms with E-state index in [1.54, 1.807) is 24.3 Å². The van der Waals surface area contributed by atoms with Crippen molar-refractivity contribution in [2.75, 3.05) is 17.9 Å². The van der Waals surface area contributed by atoms with E-state index in [1.165, 1.54) is 24.3 Å². The molecule has 1 fully saturated rings. The second-order valence-corrected chi connectivity index (χ2v) is 9.85. The van der Waals surface area contributed by atoms with Gasteiger partial charge in [0.1, 0.15) is 0 Å². The monoisotopic (exact) mass is 410 g/mol. The molecule has 146 valence electrons. The SMILES string of the molecule is O=S(=O)(Cc1ccccc1)Nc1ccc(S(=O)(=O)NC[C@@H]2CCCO2)cc1. The first-order chi connectivity index (χ1) is 12.8. The van der Waals surface area contributed by atoms with Gasteiger partial charge >= 0.3 is 0 Å². The first-order valence-corrected chi connectivity index (χ1v) is 11.7. The fourth-order valence-electron chi connectivity index (χ4n) is 2.80. The molecule has 0 radical (unpaired) electrons. The van der Waals surface area contributed by atoms with Crippen LogP contribution in [0.5, 0.6) is 0 Å². The quantitative estimate of drug-likeness (QED) is 0.694. The number of anilines is 1. The van der Waals surface area contributed by atoms with Gasteiger partial charge < -0.3 is 4.74 Å². The van der Waals surface area contributed by atoms with Crippen LogP contribution in [0.2, 0.25) is 0 Å². The predicted octanol–water partition coefficient (Wildman–Crippen LogP) is 2.09. The minimum absolute atomic E-state index is 0.0755. The first kappa shape index (κ1) is 19.8. The van der Waals surface area contributed by atoms with Crippen LogP contribution in [0.25, 0.3) is 0 Å². The molecule has 7 nitrogen and oxygen atoms in total. The summed E-state index contributed by atoms with van der Waals surface area (Å²) >= 11 is 0. The minimum Gasteiger partial charge on any atom is -0.377 e. The molecule has 0 amide bonds. The van der Waals surface area contributed by atoms with E-state index in [4.69, 9.17) is 4.74 Å². The molecule has 0 aromatic heterocycles. The Balaban J connectivity index is 1.62. The van der Waals surface area contributed by atoms with Gasteiger partial charge in [0.2, 0.25) is 20.0 Å². The van der Waals surface area contributed by atoms with Crippen molar-refractivity contribution >= 4 is 25.7 Å². The molecule has 3 rings (SSSR count). The predicted molar refractivity (Wildman–Crippen MR) is 103 cm³/mol. The van der Waals surface area contributed by atoms with Gasteiger partial charge in [0, 0.05) is 18.8 Å². The summed E-state index contributed by atoms with van der Waals surface area (Å²) < 4.78 is 59.5. The number of ether oxygens (including phenoxy) is 1. The lowest BCUT2D eigenvalue weighted by molar-refractivity contribution is 0.114. The van der Waals surface area contributed by atoms with Gasteiger partial charge in [-0.2, -0.15) is 0 Å². The van der Waals surface area contributed by atoms with Gasteiger partial charge in [0.25, 0.3) is 0 Å². The normalized spacial score (nSPS) is 17.7. The Morgan fingerprint density at radius 3 is 2.30 bits per heavy atom. The number of sulfonamides is 2. The lowest BCUT2D eigenvalue weighted by Gasteiger charge is -2.12. The molecule has 1 atom stereocenters. The fraction of sp³-hybridized carbons (Fsp3) is 0.333. The van der Waals surface area contributed by atoms with Crippen LogP contribution < -0.4 is 9.44 Å². The van der Waals surface area contributed by atoms with Crippen molar-refractivity contribution in [3.8, 4) is 0 Å². The van der Waals surface area contributed by atoms with Crippen LogP contribution in [-0.4, -0.2) is 36.1 Å². The van der Waals surface area contributed by atoms with E-state index in [9.17, 15) is 16.8 Å². The molecule has 0 spiro atoms. The lowest BCUT2D eigenvalue weighted by atomic mass is 10.2. The zero-order chi connectivity index (χ0) is 19.3. The fourth-order valence-corrected chi connectivity index (χ4v) is 5.07. The van der Waals surface area contributed by atoms with Crippen LogP contribution in [0.1, 0.15) is 18.4 Å². The Kier molecular flexibility index (Phi) is 6.15. The van der Waals surface area contributed by atoms with Crippen molar-refractivity contribution in [3.63, 3.8) is 0 Å².